The molecule has 0 aliphatic carbocycles. The molecular formula is C13H17ClN4O2. The van der Waals surface area contributed by atoms with Crippen LogP contribution in [0.4, 0.5) is 0 Å². The highest BCUT2D eigenvalue weighted by Gasteiger charge is 2.19. The number of halogens is 1. The zero-order chi connectivity index (χ0) is 13.9. The van der Waals surface area contributed by atoms with Crippen LogP contribution in [0.5, 0.6) is 5.88 Å². The summed E-state index contributed by atoms with van der Waals surface area (Å²) < 4.78 is 12.9. The number of methoxy groups -OCH3 is 1. The van der Waals surface area contributed by atoms with Gasteiger partial charge in [-0.15, -0.1) is 11.6 Å². The molecular weight excluding hydrogens is 280 g/mol. The summed E-state index contributed by atoms with van der Waals surface area (Å²) in [6.07, 6.45) is 5.04. The molecule has 1 aliphatic rings. The van der Waals surface area contributed by atoms with E-state index in [4.69, 9.17) is 21.1 Å². The third-order valence-corrected chi connectivity index (χ3v) is 3.83. The molecule has 0 bridgehead atoms. The van der Waals surface area contributed by atoms with Gasteiger partial charge in [-0.05, 0) is 19.3 Å². The fraction of sp³-hybridized carbons (Fsp3) is 0.615. The minimum absolute atomic E-state index is 0.333. The van der Waals surface area contributed by atoms with Crippen molar-refractivity contribution < 1.29 is 9.47 Å². The number of fused-ring (bicyclic) bond motifs is 1. The minimum Gasteiger partial charge on any atom is -0.479 e. The summed E-state index contributed by atoms with van der Waals surface area (Å²) in [5.74, 6) is 1.61. The number of imidazole rings is 1. The van der Waals surface area contributed by atoms with E-state index in [1.807, 2.05) is 4.57 Å². The lowest BCUT2D eigenvalue weighted by Gasteiger charge is -2.11. The molecule has 6 nitrogen and oxygen atoms in total. The van der Waals surface area contributed by atoms with E-state index in [1.54, 1.807) is 7.11 Å². The van der Waals surface area contributed by atoms with E-state index in [2.05, 4.69) is 15.0 Å². The van der Waals surface area contributed by atoms with Crippen molar-refractivity contribution in [2.24, 2.45) is 0 Å². The quantitative estimate of drug-likeness (QED) is 0.791. The van der Waals surface area contributed by atoms with E-state index in [1.165, 1.54) is 6.33 Å². The normalized spacial score (nSPS) is 18.8. The van der Waals surface area contributed by atoms with E-state index >= 15 is 0 Å². The molecule has 0 saturated carbocycles. The Morgan fingerprint density at radius 2 is 2.40 bits per heavy atom. The lowest BCUT2D eigenvalue weighted by atomic mass is 10.2. The van der Waals surface area contributed by atoms with Crippen LogP contribution < -0.4 is 4.74 Å². The maximum absolute atomic E-state index is 5.99. The molecule has 3 rings (SSSR count). The Kier molecular flexibility index (Phi) is 4.03. The number of hydrogen-bond acceptors (Lipinski definition) is 5. The van der Waals surface area contributed by atoms with Crippen LogP contribution in [0, 0.1) is 0 Å². The second-order valence-corrected chi connectivity index (χ2v) is 5.06. The maximum Gasteiger partial charge on any atom is 0.245 e. The number of aryl methyl sites for hydroxylation is 1. The molecule has 0 aromatic carbocycles. The Balaban J connectivity index is 1.91. The molecule has 7 heteroatoms. The first-order valence-electron chi connectivity index (χ1n) is 6.75. The number of nitrogens with zero attached hydrogens (tertiary/aromatic N) is 4. The Labute approximate surface area is 122 Å². The summed E-state index contributed by atoms with van der Waals surface area (Å²) in [6.45, 7) is 1.66. The molecule has 20 heavy (non-hydrogen) atoms. The van der Waals surface area contributed by atoms with Crippen molar-refractivity contribution in [3.63, 3.8) is 0 Å². The molecule has 0 N–H and O–H groups in total. The van der Waals surface area contributed by atoms with Crippen molar-refractivity contribution in [1.82, 2.24) is 19.5 Å². The van der Waals surface area contributed by atoms with Crippen LogP contribution in [0.25, 0.3) is 11.2 Å². The highest BCUT2D eigenvalue weighted by molar-refractivity contribution is 6.16. The molecule has 108 valence electrons. The first-order valence-corrected chi connectivity index (χ1v) is 7.28. The maximum atomic E-state index is 5.99. The van der Waals surface area contributed by atoms with Crippen molar-refractivity contribution in [2.45, 2.75) is 37.8 Å². The van der Waals surface area contributed by atoms with Crippen LogP contribution in [0.15, 0.2) is 6.33 Å². The molecule has 1 fully saturated rings. The van der Waals surface area contributed by atoms with Gasteiger partial charge in [0.15, 0.2) is 11.2 Å². The number of rotatable bonds is 5. The standard InChI is InChI=1S/C13H17ClN4O2/c1-19-13-11-12(15-8-16-13)18(10(7-14)17-11)5-4-9-3-2-6-20-9/h8-9H,2-7H2,1H3. The van der Waals surface area contributed by atoms with Crippen LogP contribution in [0.1, 0.15) is 25.1 Å². The Hall–Kier alpha value is -1.40. The average molecular weight is 297 g/mol. The van der Waals surface area contributed by atoms with Gasteiger partial charge in [0.05, 0.1) is 19.1 Å². The Bertz CT molecular complexity index is 595. The Morgan fingerprint density at radius 3 is 3.10 bits per heavy atom. The van der Waals surface area contributed by atoms with Crippen LogP contribution in [-0.2, 0) is 17.2 Å². The highest BCUT2D eigenvalue weighted by atomic mass is 35.5. The van der Waals surface area contributed by atoms with Gasteiger partial charge >= 0.3 is 0 Å². The lowest BCUT2D eigenvalue weighted by molar-refractivity contribution is 0.100. The van der Waals surface area contributed by atoms with Gasteiger partial charge in [-0.25, -0.2) is 9.97 Å². The predicted molar refractivity (Wildman–Crippen MR) is 75.0 cm³/mol. The molecule has 0 amide bonds. The first-order chi connectivity index (χ1) is 9.83. The van der Waals surface area contributed by atoms with Crippen LogP contribution in [0.3, 0.4) is 0 Å². The van der Waals surface area contributed by atoms with Gasteiger partial charge in [-0.3, -0.25) is 0 Å². The van der Waals surface area contributed by atoms with Gasteiger partial charge in [-0.2, -0.15) is 4.98 Å². The van der Waals surface area contributed by atoms with Gasteiger partial charge in [0.25, 0.3) is 0 Å². The van der Waals surface area contributed by atoms with Crippen molar-refractivity contribution in [2.75, 3.05) is 13.7 Å². The van der Waals surface area contributed by atoms with Crippen molar-refractivity contribution >= 4 is 22.8 Å². The summed E-state index contributed by atoms with van der Waals surface area (Å²) in [7, 11) is 1.58. The van der Waals surface area contributed by atoms with Gasteiger partial charge in [0.1, 0.15) is 12.2 Å². The summed E-state index contributed by atoms with van der Waals surface area (Å²) in [6, 6.07) is 0. The van der Waals surface area contributed by atoms with Gasteiger partial charge in [0.2, 0.25) is 5.88 Å². The number of hydrogen-bond donors (Lipinski definition) is 0. The fourth-order valence-electron chi connectivity index (χ4n) is 2.59. The van der Waals surface area contributed by atoms with E-state index in [-0.39, 0.29) is 0 Å². The third kappa shape index (κ3) is 2.45. The fourth-order valence-corrected chi connectivity index (χ4v) is 2.80. The minimum atomic E-state index is 0.333. The molecule has 0 radical (unpaired) electrons. The largest absolute Gasteiger partial charge is 0.479 e. The average Bonchev–Trinajstić information content (AvgIpc) is 3.11. The smallest absolute Gasteiger partial charge is 0.245 e. The van der Waals surface area contributed by atoms with Crippen molar-refractivity contribution in [1.29, 1.82) is 0 Å². The van der Waals surface area contributed by atoms with E-state index in [9.17, 15) is 0 Å². The Morgan fingerprint density at radius 1 is 1.50 bits per heavy atom. The molecule has 1 unspecified atom stereocenters. The molecule has 2 aromatic rings. The molecule has 0 spiro atoms. The van der Waals surface area contributed by atoms with Gasteiger partial charge in [0, 0.05) is 13.2 Å². The summed E-state index contributed by atoms with van der Waals surface area (Å²) >= 11 is 5.99. The zero-order valence-electron chi connectivity index (χ0n) is 11.4. The van der Waals surface area contributed by atoms with Crippen molar-refractivity contribution in [3.8, 4) is 5.88 Å². The number of ether oxygens (including phenoxy) is 2. The topological polar surface area (TPSA) is 62.1 Å². The van der Waals surface area contributed by atoms with Crippen molar-refractivity contribution in [3.05, 3.63) is 12.2 Å². The monoisotopic (exact) mass is 296 g/mol. The molecule has 1 saturated heterocycles. The molecule has 1 atom stereocenters. The summed E-state index contributed by atoms with van der Waals surface area (Å²) in [5, 5.41) is 0. The first kappa shape index (κ1) is 13.6. The predicted octanol–water partition coefficient (Wildman–Crippen LogP) is 2.14. The summed E-state index contributed by atoms with van der Waals surface area (Å²) in [5.41, 5.74) is 1.43. The summed E-state index contributed by atoms with van der Waals surface area (Å²) in [4.78, 5) is 12.9. The van der Waals surface area contributed by atoms with Crippen LogP contribution >= 0.6 is 11.6 Å². The highest BCUT2D eigenvalue weighted by Crippen LogP contribution is 2.24. The third-order valence-electron chi connectivity index (χ3n) is 3.59. The lowest BCUT2D eigenvalue weighted by Crippen LogP contribution is -2.12. The second-order valence-electron chi connectivity index (χ2n) is 4.79. The van der Waals surface area contributed by atoms with Crippen LogP contribution in [-0.4, -0.2) is 39.3 Å². The van der Waals surface area contributed by atoms with E-state index in [0.29, 0.717) is 23.4 Å². The number of aromatic nitrogens is 4. The van der Waals surface area contributed by atoms with Gasteiger partial charge < -0.3 is 14.0 Å². The molecule has 1 aliphatic heterocycles. The van der Waals surface area contributed by atoms with Gasteiger partial charge in [-0.1, -0.05) is 0 Å². The number of alkyl halides is 1. The van der Waals surface area contributed by atoms with Crippen LogP contribution in [0.2, 0.25) is 0 Å². The second kappa shape index (κ2) is 5.93. The van der Waals surface area contributed by atoms with E-state index < -0.39 is 0 Å². The molecule has 3 heterocycles. The molecule has 2 aromatic heterocycles. The van der Waals surface area contributed by atoms with E-state index in [0.717, 1.165) is 43.9 Å². The SMILES string of the molecule is COc1ncnc2c1nc(CCl)n2CCC1CCCO1. The zero-order valence-corrected chi connectivity index (χ0v) is 12.1.